The minimum absolute atomic E-state index is 0.178. The first-order valence-electron chi connectivity index (χ1n) is 11.9. The Bertz CT molecular complexity index is 1240. The van der Waals surface area contributed by atoms with Crippen LogP contribution in [0.2, 0.25) is 0 Å². The van der Waals surface area contributed by atoms with Crippen molar-refractivity contribution in [2.24, 2.45) is 5.41 Å². The van der Waals surface area contributed by atoms with Crippen LogP contribution in [0.5, 0.6) is 5.75 Å². The molecule has 1 saturated carbocycles. The summed E-state index contributed by atoms with van der Waals surface area (Å²) in [6, 6.07) is 5.37. The lowest BCUT2D eigenvalue weighted by molar-refractivity contribution is -0.0860. The SMILES string of the molecule is O=C(Nc1cn2cc(C3CCOCC3)nc2cc1OCC1(C(F)F)CCC1)c1cccc(C(F)F)n1. The third-order valence-electron chi connectivity index (χ3n) is 7.02. The molecule has 0 spiro atoms. The third kappa shape index (κ3) is 4.88. The molecule has 36 heavy (non-hydrogen) atoms. The summed E-state index contributed by atoms with van der Waals surface area (Å²) >= 11 is 0. The Balaban J connectivity index is 1.46. The summed E-state index contributed by atoms with van der Waals surface area (Å²) in [5.74, 6) is -0.324. The van der Waals surface area contributed by atoms with Crippen molar-refractivity contribution in [2.45, 2.75) is 50.9 Å². The number of nitrogens with one attached hydrogen (secondary N) is 1. The van der Waals surface area contributed by atoms with Crippen molar-refractivity contribution >= 4 is 17.2 Å². The molecule has 0 atom stereocenters. The number of halogens is 4. The summed E-state index contributed by atoms with van der Waals surface area (Å²) in [5, 5.41) is 2.65. The number of hydrogen-bond donors (Lipinski definition) is 1. The zero-order chi connectivity index (χ0) is 25.3. The fourth-order valence-corrected chi connectivity index (χ4v) is 4.60. The lowest BCUT2D eigenvalue weighted by Gasteiger charge is -2.40. The highest BCUT2D eigenvalue weighted by molar-refractivity contribution is 6.03. The van der Waals surface area contributed by atoms with E-state index in [0.29, 0.717) is 38.1 Å². The van der Waals surface area contributed by atoms with Gasteiger partial charge in [0.05, 0.1) is 17.7 Å². The molecule has 3 aromatic heterocycles. The van der Waals surface area contributed by atoms with E-state index in [0.717, 1.165) is 24.6 Å². The number of carbonyl (C=O) groups excluding carboxylic acids is 1. The van der Waals surface area contributed by atoms with Gasteiger partial charge in [-0.2, -0.15) is 0 Å². The zero-order valence-electron chi connectivity index (χ0n) is 19.4. The van der Waals surface area contributed by atoms with Crippen LogP contribution in [0.4, 0.5) is 23.2 Å². The maximum atomic E-state index is 13.7. The third-order valence-corrected chi connectivity index (χ3v) is 7.02. The average molecular weight is 507 g/mol. The Kier molecular flexibility index (Phi) is 6.83. The smallest absolute Gasteiger partial charge is 0.280 e. The average Bonchev–Trinajstić information content (AvgIpc) is 3.26. The first-order chi connectivity index (χ1) is 17.3. The minimum atomic E-state index is -2.82. The molecule has 2 aliphatic rings. The Hall–Kier alpha value is -3.21. The van der Waals surface area contributed by atoms with E-state index in [4.69, 9.17) is 14.5 Å². The number of ether oxygens (including phenoxy) is 2. The summed E-state index contributed by atoms with van der Waals surface area (Å²) in [6.45, 7) is 1.08. The second-order valence-electron chi connectivity index (χ2n) is 9.38. The van der Waals surface area contributed by atoms with Crippen LogP contribution in [-0.4, -0.2) is 46.5 Å². The summed E-state index contributed by atoms with van der Waals surface area (Å²) in [7, 11) is 0. The van der Waals surface area contributed by atoms with Crippen molar-refractivity contribution in [3.05, 3.63) is 53.7 Å². The van der Waals surface area contributed by atoms with Gasteiger partial charge in [-0.3, -0.25) is 4.79 Å². The molecule has 0 unspecified atom stereocenters. The van der Waals surface area contributed by atoms with Gasteiger partial charge in [-0.1, -0.05) is 12.5 Å². The van der Waals surface area contributed by atoms with Gasteiger partial charge in [0.15, 0.2) is 0 Å². The van der Waals surface area contributed by atoms with Gasteiger partial charge in [-0.15, -0.1) is 0 Å². The Morgan fingerprint density at radius 1 is 1.17 bits per heavy atom. The largest absolute Gasteiger partial charge is 0.490 e. The van der Waals surface area contributed by atoms with E-state index >= 15 is 0 Å². The van der Waals surface area contributed by atoms with Gasteiger partial charge in [-0.25, -0.2) is 27.5 Å². The van der Waals surface area contributed by atoms with Crippen LogP contribution in [0.25, 0.3) is 5.65 Å². The minimum Gasteiger partial charge on any atom is -0.490 e. The van der Waals surface area contributed by atoms with Crippen LogP contribution in [0.15, 0.2) is 36.7 Å². The van der Waals surface area contributed by atoms with Gasteiger partial charge >= 0.3 is 0 Å². The predicted molar refractivity (Wildman–Crippen MR) is 123 cm³/mol. The van der Waals surface area contributed by atoms with E-state index in [-0.39, 0.29) is 29.7 Å². The number of amides is 1. The van der Waals surface area contributed by atoms with Crippen molar-refractivity contribution in [1.82, 2.24) is 14.4 Å². The molecule has 2 fully saturated rings. The molecule has 1 aliphatic heterocycles. The number of alkyl halides is 4. The number of aromatic nitrogens is 3. The fraction of sp³-hybridized carbons (Fsp3) is 0.480. The number of nitrogens with zero attached hydrogens (tertiary/aromatic N) is 3. The Labute approximate surface area is 204 Å². The second-order valence-corrected chi connectivity index (χ2v) is 9.38. The molecule has 4 heterocycles. The van der Waals surface area contributed by atoms with Crippen molar-refractivity contribution in [1.29, 1.82) is 0 Å². The fourth-order valence-electron chi connectivity index (χ4n) is 4.60. The van der Waals surface area contributed by atoms with Crippen LogP contribution in [-0.2, 0) is 4.74 Å². The highest BCUT2D eigenvalue weighted by Gasteiger charge is 2.46. The molecule has 0 radical (unpaired) electrons. The Morgan fingerprint density at radius 3 is 2.61 bits per heavy atom. The molecule has 192 valence electrons. The van der Waals surface area contributed by atoms with Crippen molar-refractivity contribution in [3.63, 3.8) is 0 Å². The quantitative estimate of drug-likeness (QED) is 0.401. The van der Waals surface area contributed by atoms with Gasteiger partial charge in [-0.05, 0) is 37.8 Å². The van der Waals surface area contributed by atoms with Crippen molar-refractivity contribution < 1.29 is 31.8 Å². The maximum absolute atomic E-state index is 13.7. The molecule has 1 N–H and O–H groups in total. The predicted octanol–water partition coefficient (Wildman–Crippen LogP) is 5.63. The standard InChI is InChI=1S/C25H26F4N4O3/c26-22(27)16-3-1-4-17(30-16)23(34)32-19-13-33-12-18(15-5-9-35-10-6-15)31-21(33)11-20(19)36-14-25(24(28)29)7-2-8-25/h1,3-4,11-13,15,22,24H,2,5-10,14H2,(H,32,34). The van der Waals surface area contributed by atoms with Gasteiger partial charge in [0.1, 0.15) is 28.5 Å². The lowest BCUT2D eigenvalue weighted by atomic mass is 9.69. The van der Waals surface area contributed by atoms with Gasteiger partial charge < -0.3 is 19.2 Å². The monoisotopic (exact) mass is 506 g/mol. The highest BCUT2D eigenvalue weighted by Crippen LogP contribution is 2.46. The zero-order valence-corrected chi connectivity index (χ0v) is 19.4. The number of rotatable bonds is 8. The summed E-state index contributed by atoms with van der Waals surface area (Å²) in [4.78, 5) is 21.3. The first-order valence-corrected chi connectivity index (χ1v) is 11.9. The first kappa shape index (κ1) is 24.5. The van der Waals surface area contributed by atoms with Crippen LogP contribution < -0.4 is 10.1 Å². The molecule has 1 aliphatic carbocycles. The molecule has 0 aromatic carbocycles. The van der Waals surface area contributed by atoms with Crippen molar-refractivity contribution in [2.75, 3.05) is 25.1 Å². The maximum Gasteiger partial charge on any atom is 0.280 e. The van der Waals surface area contributed by atoms with E-state index in [1.807, 2.05) is 6.20 Å². The van der Waals surface area contributed by atoms with E-state index in [9.17, 15) is 22.4 Å². The molecule has 11 heteroatoms. The number of anilines is 1. The summed E-state index contributed by atoms with van der Waals surface area (Å²) in [5.41, 5.74) is -0.325. The van der Waals surface area contributed by atoms with Crippen LogP contribution in [0.3, 0.4) is 0 Å². The second kappa shape index (κ2) is 10.0. The van der Waals surface area contributed by atoms with Gasteiger partial charge in [0.2, 0.25) is 6.43 Å². The van der Waals surface area contributed by atoms with Crippen LogP contribution >= 0.6 is 0 Å². The summed E-state index contributed by atoms with van der Waals surface area (Å²) < 4.78 is 66.5. The molecule has 5 rings (SSSR count). The number of fused-ring (bicyclic) bond motifs is 1. The molecular weight excluding hydrogens is 480 g/mol. The number of hydrogen-bond acceptors (Lipinski definition) is 5. The van der Waals surface area contributed by atoms with Crippen molar-refractivity contribution in [3.8, 4) is 5.75 Å². The van der Waals surface area contributed by atoms with E-state index in [1.165, 1.54) is 12.1 Å². The molecule has 0 bridgehead atoms. The van der Waals surface area contributed by atoms with Crippen LogP contribution in [0.1, 0.15) is 66.3 Å². The summed E-state index contributed by atoms with van der Waals surface area (Å²) in [6.07, 6.45) is 1.18. The molecular formula is C25H26F4N4O3. The topological polar surface area (TPSA) is 77.8 Å². The highest BCUT2D eigenvalue weighted by atomic mass is 19.3. The number of carbonyl (C=O) groups is 1. The lowest BCUT2D eigenvalue weighted by Crippen LogP contribution is -2.42. The molecule has 7 nitrogen and oxygen atoms in total. The van der Waals surface area contributed by atoms with Gasteiger partial charge in [0.25, 0.3) is 12.3 Å². The molecule has 1 saturated heterocycles. The van der Waals surface area contributed by atoms with Crippen LogP contribution in [0, 0.1) is 5.41 Å². The Morgan fingerprint density at radius 2 is 1.94 bits per heavy atom. The normalized spacial score (nSPS) is 17.9. The number of imidazole rings is 1. The van der Waals surface area contributed by atoms with E-state index < -0.39 is 29.9 Å². The van der Waals surface area contributed by atoms with E-state index in [2.05, 4.69) is 10.3 Å². The number of pyridine rings is 2. The molecule has 1 amide bonds. The van der Waals surface area contributed by atoms with Gasteiger partial charge in [0, 0.05) is 37.6 Å². The molecule has 3 aromatic rings. The van der Waals surface area contributed by atoms with E-state index in [1.54, 1.807) is 16.7 Å².